The molecule has 1 aromatic heterocycles. The summed E-state index contributed by atoms with van der Waals surface area (Å²) in [5, 5.41) is 0. The van der Waals surface area contributed by atoms with Crippen LogP contribution in [0.4, 0.5) is 0 Å². The van der Waals surface area contributed by atoms with Gasteiger partial charge < -0.3 is 9.88 Å². The number of hydrogen-bond donors (Lipinski definition) is 1. The highest BCUT2D eigenvalue weighted by atomic mass is 16.2. The van der Waals surface area contributed by atoms with Gasteiger partial charge in [0.15, 0.2) is 0 Å². The second kappa shape index (κ2) is 4.88. The summed E-state index contributed by atoms with van der Waals surface area (Å²) in [6, 6.07) is 10.4. The predicted molar refractivity (Wildman–Crippen MR) is 72.8 cm³/mol. The van der Waals surface area contributed by atoms with E-state index in [4.69, 9.17) is 0 Å². The molecular formula is C15H17N3O. The quantitative estimate of drug-likeness (QED) is 0.897. The highest BCUT2D eigenvalue weighted by Gasteiger charge is 2.31. The van der Waals surface area contributed by atoms with Gasteiger partial charge in [-0.2, -0.15) is 0 Å². The molecule has 2 aromatic rings. The summed E-state index contributed by atoms with van der Waals surface area (Å²) < 4.78 is 0. The number of carbonyl (C=O) groups is 1. The Morgan fingerprint density at radius 2 is 2.16 bits per heavy atom. The van der Waals surface area contributed by atoms with Crippen LogP contribution in [0.15, 0.2) is 36.7 Å². The van der Waals surface area contributed by atoms with Gasteiger partial charge in [0, 0.05) is 12.2 Å². The fraction of sp³-hybridized carbons (Fsp3) is 0.333. The Morgan fingerprint density at radius 3 is 2.84 bits per heavy atom. The minimum absolute atomic E-state index is 0.0325. The fourth-order valence-electron chi connectivity index (χ4n) is 2.74. The van der Waals surface area contributed by atoms with Crippen LogP contribution in [0.25, 0.3) is 0 Å². The zero-order valence-electron chi connectivity index (χ0n) is 11.0. The van der Waals surface area contributed by atoms with E-state index >= 15 is 0 Å². The summed E-state index contributed by atoms with van der Waals surface area (Å²) in [5.41, 5.74) is 2.59. The molecule has 0 radical (unpaired) electrons. The van der Waals surface area contributed by atoms with Crippen molar-refractivity contribution in [2.24, 2.45) is 0 Å². The third kappa shape index (κ3) is 2.14. The molecule has 4 nitrogen and oxygen atoms in total. The highest BCUT2D eigenvalue weighted by Crippen LogP contribution is 2.32. The normalized spacial score (nSPS) is 18.8. The topological polar surface area (TPSA) is 49.0 Å². The van der Waals surface area contributed by atoms with E-state index in [0.717, 1.165) is 25.1 Å². The number of nitrogens with one attached hydrogen (secondary N) is 1. The van der Waals surface area contributed by atoms with Gasteiger partial charge in [-0.25, -0.2) is 4.98 Å². The van der Waals surface area contributed by atoms with Gasteiger partial charge in [0.05, 0.1) is 12.4 Å². The summed E-state index contributed by atoms with van der Waals surface area (Å²) in [6.45, 7) is 2.69. The van der Waals surface area contributed by atoms with Crippen molar-refractivity contribution in [1.82, 2.24) is 14.9 Å². The van der Waals surface area contributed by atoms with Gasteiger partial charge in [-0.15, -0.1) is 0 Å². The Hall–Kier alpha value is -2.10. The summed E-state index contributed by atoms with van der Waals surface area (Å²) in [6.07, 6.45) is 3.66. The lowest BCUT2D eigenvalue weighted by Crippen LogP contribution is -2.31. The largest absolute Gasteiger partial charge is 0.348 e. The maximum atomic E-state index is 12.6. The van der Waals surface area contributed by atoms with Crippen molar-refractivity contribution in [3.63, 3.8) is 0 Å². The Labute approximate surface area is 112 Å². The Bertz CT molecular complexity index is 576. The van der Waals surface area contributed by atoms with Crippen molar-refractivity contribution in [1.29, 1.82) is 0 Å². The SMILES string of the molecule is Cc1[nH]cnc1C(=O)N1CCCC1c1ccccc1. The van der Waals surface area contributed by atoms with E-state index in [9.17, 15) is 4.79 Å². The molecule has 1 aliphatic heterocycles. The van der Waals surface area contributed by atoms with Crippen molar-refractivity contribution >= 4 is 5.91 Å². The first-order valence-corrected chi connectivity index (χ1v) is 6.63. The zero-order valence-corrected chi connectivity index (χ0v) is 11.0. The summed E-state index contributed by atoms with van der Waals surface area (Å²) >= 11 is 0. The molecule has 4 heteroatoms. The number of nitrogens with zero attached hydrogens (tertiary/aromatic N) is 2. The van der Waals surface area contributed by atoms with Crippen LogP contribution in [-0.2, 0) is 0 Å². The smallest absolute Gasteiger partial charge is 0.274 e. The average molecular weight is 255 g/mol. The number of aromatic amines is 1. The van der Waals surface area contributed by atoms with Crippen LogP contribution >= 0.6 is 0 Å². The molecule has 1 fully saturated rings. The molecule has 1 aromatic carbocycles. The monoisotopic (exact) mass is 255 g/mol. The van der Waals surface area contributed by atoms with Crippen molar-refractivity contribution in [2.45, 2.75) is 25.8 Å². The van der Waals surface area contributed by atoms with Crippen LogP contribution in [0.2, 0.25) is 0 Å². The number of likely N-dealkylation sites (tertiary alicyclic amines) is 1. The summed E-state index contributed by atoms with van der Waals surface area (Å²) in [7, 11) is 0. The lowest BCUT2D eigenvalue weighted by molar-refractivity contribution is 0.0729. The van der Waals surface area contributed by atoms with Crippen LogP contribution in [0.1, 0.15) is 40.6 Å². The minimum atomic E-state index is 0.0325. The van der Waals surface area contributed by atoms with Crippen LogP contribution < -0.4 is 0 Å². The molecule has 98 valence electrons. The Kier molecular flexibility index (Phi) is 3.07. The van der Waals surface area contributed by atoms with Crippen LogP contribution in [-0.4, -0.2) is 27.3 Å². The van der Waals surface area contributed by atoms with Gasteiger partial charge in [-0.3, -0.25) is 4.79 Å². The number of aryl methyl sites for hydroxylation is 1. The highest BCUT2D eigenvalue weighted by molar-refractivity contribution is 5.93. The lowest BCUT2D eigenvalue weighted by atomic mass is 10.0. The molecule has 0 aliphatic carbocycles. The van der Waals surface area contributed by atoms with E-state index in [0.29, 0.717) is 5.69 Å². The van der Waals surface area contributed by atoms with Crippen molar-refractivity contribution in [3.05, 3.63) is 53.6 Å². The number of rotatable bonds is 2. The van der Waals surface area contributed by atoms with E-state index in [1.165, 1.54) is 5.56 Å². The predicted octanol–water partition coefficient (Wildman–Crippen LogP) is 2.70. The van der Waals surface area contributed by atoms with E-state index in [1.54, 1.807) is 6.33 Å². The molecule has 1 saturated heterocycles. The average Bonchev–Trinajstić information content (AvgIpc) is 3.07. The molecule has 0 bridgehead atoms. The number of carbonyl (C=O) groups excluding carboxylic acids is 1. The molecule has 19 heavy (non-hydrogen) atoms. The van der Waals surface area contributed by atoms with Crippen molar-refractivity contribution < 1.29 is 4.79 Å². The van der Waals surface area contributed by atoms with Crippen LogP contribution in [0, 0.1) is 6.92 Å². The number of H-pyrrole nitrogens is 1. The summed E-state index contributed by atoms with van der Waals surface area (Å²) in [5.74, 6) is 0.0325. The van der Waals surface area contributed by atoms with E-state index in [-0.39, 0.29) is 11.9 Å². The fourth-order valence-corrected chi connectivity index (χ4v) is 2.74. The molecular weight excluding hydrogens is 238 g/mol. The second-order valence-corrected chi connectivity index (χ2v) is 4.94. The minimum Gasteiger partial charge on any atom is -0.348 e. The van der Waals surface area contributed by atoms with Gasteiger partial charge in [0.1, 0.15) is 5.69 Å². The molecule has 2 heterocycles. The van der Waals surface area contributed by atoms with Crippen molar-refractivity contribution in [2.75, 3.05) is 6.54 Å². The van der Waals surface area contributed by atoms with Crippen molar-refractivity contribution in [3.8, 4) is 0 Å². The molecule has 3 rings (SSSR count). The Morgan fingerprint density at radius 1 is 1.37 bits per heavy atom. The number of benzene rings is 1. The molecule has 1 unspecified atom stereocenters. The van der Waals surface area contributed by atoms with E-state index in [2.05, 4.69) is 22.1 Å². The number of hydrogen-bond acceptors (Lipinski definition) is 2. The second-order valence-electron chi connectivity index (χ2n) is 4.94. The Balaban J connectivity index is 1.88. The lowest BCUT2D eigenvalue weighted by Gasteiger charge is -2.24. The maximum absolute atomic E-state index is 12.6. The van der Waals surface area contributed by atoms with Gasteiger partial charge >= 0.3 is 0 Å². The number of imidazole rings is 1. The van der Waals surface area contributed by atoms with Gasteiger partial charge in [0.25, 0.3) is 5.91 Å². The van der Waals surface area contributed by atoms with E-state index in [1.807, 2.05) is 30.0 Å². The van der Waals surface area contributed by atoms with Crippen LogP contribution in [0.3, 0.4) is 0 Å². The third-order valence-corrected chi connectivity index (χ3v) is 3.73. The van der Waals surface area contributed by atoms with Crippen LogP contribution in [0.5, 0.6) is 0 Å². The first kappa shape index (κ1) is 12.0. The molecule has 1 N–H and O–H groups in total. The van der Waals surface area contributed by atoms with Gasteiger partial charge in [-0.05, 0) is 25.3 Å². The first-order valence-electron chi connectivity index (χ1n) is 6.63. The molecule has 1 atom stereocenters. The number of aromatic nitrogens is 2. The number of amides is 1. The maximum Gasteiger partial charge on any atom is 0.274 e. The van der Waals surface area contributed by atoms with E-state index < -0.39 is 0 Å². The first-order chi connectivity index (χ1) is 9.27. The van der Waals surface area contributed by atoms with Gasteiger partial charge in [-0.1, -0.05) is 30.3 Å². The molecule has 1 aliphatic rings. The summed E-state index contributed by atoms with van der Waals surface area (Å²) in [4.78, 5) is 21.6. The molecule has 0 saturated carbocycles. The molecule has 0 spiro atoms. The standard InChI is InChI=1S/C15H17N3O/c1-11-14(17-10-16-11)15(19)18-9-5-8-13(18)12-6-3-2-4-7-12/h2-4,6-7,10,13H,5,8-9H2,1H3,(H,16,17). The molecule has 1 amide bonds. The van der Waals surface area contributed by atoms with Gasteiger partial charge in [0.2, 0.25) is 0 Å². The third-order valence-electron chi connectivity index (χ3n) is 3.73. The zero-order chi connectivity index (χ0) is 13.2.